The van der Waals surface area contributed by atoms with Gasteiger partial charge in [0.2, 0.25) is 5.91 Å². The molecule has 37 heavy (non-hydrogen) atoms. The summed E-state index contributed by atoms with van der Waals surface area (Å²) in [6.45, 7) is 2.06. The van der Waals surface area contributed by atoms with Gasteiger partial charge in [-0.1, -0.05) is 31.5 Å². The largest absolute Gasteiger partial charge is 0.336 e. The molecule has 6 rings (SSSR count). The second kappa shape index (κ2) is 9.55. The average molecular weight is 486 g/mol. The van der Waals surface area contributed by atoms with Gasteiger partial charge < -0.3 is 10.3 Å². The van der Waals surface area contributed by atoms with Gasteiger partial charge in [-0.2, -0.15) is 5.10 Å². The number of aromatic amines is 2. The van der Waals surface area contributed by atoms with Crippen LogP contribution >= 0.6 is 0 Å². The summed E-state index contributed by atoms with van der Waals surface area (Å²) in [5.41, 5.74) is 8.09. The lowest BCUT2D eigenvalue weighted by Crippen LogP contribution is -2.10. The molecular formula is C29H23N7O. The molecule has 6 aromatic rings. The standard InChI is InChI=1S/C29H23N7O/c1-2-3-10-25(37)31-20-7-4-6-19(17-20)22-11-12-24-27(32-22)28(36-35-24)29-33-23-9-5-8-21(26(23)34-29)18-13-15-30-16-14-18/h5-6,8-9,11-17H,2-3,10H2,1H3,(H,31,37)(H,33,34)(H,35,36). The predicted octanol–water partition coefficient (Wildman–Crippen LogP) is 5.96. The van der Waals surface area contributed by atoms with Crippen LogP contribution in [0.3, 0.4) is 0 Å². The zero-order valence-electron chi connectivity index (χ0n) is 20.2. The highest BCUT2D eigenvalue weighted by Crippen LogP contribution is 2.31. The maximum Gasteiger partial charge on any atom is 0.224 e. The van der Waals surface area contributed by atoms with Crippen LogP contribution < -0.4 is 5.32 Å². The summed E-state index contributed by atoms with van der Waals surface area (Å²) < 4.78 is 0. The van der Waals surface area contributed by atoms with Gasteiger partial charge in [-0.25, -0.2) is 9.97 Å². The summed E-state index contributed by atoms with van der Waals surface area (Å²) in [6.07, 6.45) is 5.85. The molecule has 4 heterocycles. The van der Waals surface area contributed by atoms with Crippen LogP contribution in [0.1, 0.15) is 26.2 Å². The summed E-state index contributed by atoms with van der Waals surface area (Å²) in [7, 11) is 0. The number of nitrogens with zero attached hydrogens (tertiary/aromatic N) is 4. The molecule has 0 aliphatic rings. The van der Waals surface area contributed by atoms with Crippen LogP contribution in [0.5, 0.6) is 0 Å². The van der Waals surface area contributed by atoms with E-state index in [-0.39, 0.29) is 5.91 Å². The number of imidazole rings is 1. The number of hydrogen-bond donors (Lipinski definition) is 3. The van der Waals surface area contributed by atoms with E-state index in [1.807, 2.05) is 48.5 Å². The second-order valence-electron chi connectivity index (χ2n) is 8.77. The lowest BCUT2D eigenvalue weighted by Gasteiger charge is -2.05. The molecule has 1 amide bonds. The van der Waals surface area contributed by atoms with Crippen LogP contribution in [-0.2, 0) is 4.79 Å². The van der Waals surface area contributed by atoms with Crippen molar-refractivity contribution in [3.63, 3.8) is 0 Å². The van der Waals surface area contributed by atoms with E-state index in [1.54, 1.807) is 18.5 Å². The van der Waals surface area contributed by atoms with Gasteiger partial charge in [0, 0.05) is 29.9 Å². The topological polar surface area (TPSA) is 112 Å². The molecule has 0 saturated heterocycles. The van der Waals surface area contributed by atoms with Crippen molar-refractivity contribution in [2.24, 2.45) is 0 Å². The van der Waals surface area contributed by atoms with Gasteiger partial charge in [0.15, 0.2) is 11.5 Å². The van der Waals surface area contributed by atoms with Crippen molar-refractivity contribution in [1.82, 2.24) is 30.1 Å². The van der Waals surface area contributed by atoms with Crippen LogP contribution in [0.2, 0.25) is 0 Å². The Hall–Kier alpha value is -5.03. The maximum atomic E-state index is 12.2. The molecule has 0 unspecified atom stereocenters. The first-order valence-electron chi connectivity index (χ1n) is 12.2. The number of fused-ring (bicyclic) bond motifs is 2. The third-order valence-corrected chi connectivity index (χ3v) is 6.20. The fraction of sp³-hybridized carbons (Fsp3) is 0.138. The molecule has 0 atom stereocenters. The highest BCUT2D eigenvalue weighted by atomic mass is 16.1. The van der Waals surface area contributed by atoms with E-state index in [0.29, 0.717) is 29.1 Å². The molecule has 180 valence electrons. The summed E-state index contributed by atoms with van der Waals surface area (Å²) in [4.78, 5) is 29.5. The third kappa shape index (κ3) is 4.39. The first kappa shape index (κ1) is 22.4. The summed E-state index contributed by atoms with van der Waals surface area (Å²) in [5, 5.41) is 10.5. The molecule has 4 aromatic heterocycles. The number of hydrogen-bond acceptors (Lipinski definition) is 5. The Morgan fingerprint density at radius 3 is 2.76 bits per heavy atom. The van der Waals surface area contributed by atoms with E-state index in [9.17, 15) is 4.79 Å². The molecule has 0 spiro atoms. The SMILES string of the molecule is CCCCC(=O)Nc1c#ccc(-c2ccc3[nH]nc(-c4nc5c(-c6ccncc6)cccc5[nH]4)c3n2)c1. The van der Waals surface area contributed by atoms with Crippen molar-refractivity contribution in [2.45, 2.75) is 26.2 Å². The Morgan fingerprint density at radius 2 is 1.89 bits per heavy atom. The Morgan fingerprint density at radius 1 is 1.00 bits per heavy atom. The minimum atomic E-state index is -0.0276. The van der Waals surface area contributed by atoms with Gasteiger partial charge in [-0.05, 0) is 60.5 Å². The van der Waals surface area contributed by atoms with E-state index in [0.717, 1.165) is 51.8 Å². The minimum Gasteiger partial charge on any atom is -0.336 e. The number of nitrogens with one attached hydrogen (secondary N) is 3. The van der Waals surface area contributed by atoms with Crippen LogP contribution in [0.15, 0.2) is 67.0 Å². The number of H-pyrrole nitrogens is 2. The Balaban J connectivity index is 1.37. The zero-order chi connectivity index (χ0) is 25.2. The number of benzene rings is 1. The molecule has 3 N–H and O–H groups in total. The molecule has 0 aliphatic heterocycles. The van der Waals surface area contributed by atoms with Crippen molar-refractivity contribution in [2.75, 3.05) is 5.32 Å². The quantitative estimate of drug-likeness (QED) is 0.258. The van der Waals surface area contributed by atoms with Gasteiger partial charge >= 0.3 is 0 Å². The smallest absolute Gasteiger partial charge is 0.224 e. The molecule has 0 fully saturated rings. The van der Waals surface area contributed by atoms with Crippen molar-refractivity contribution >= 4 is 33.7 Å². The Kier molecular flexibility index (Phi) is 5.79. The van der Waals surface area contributed by atoms with E-state index < -0.39 is 0 Å². The maximum absolute atomic E-state index is 12.2. The fourth-order valence-corrected chi connectivity index (χ4v) is 4.32. The van der Waals surface area contributed by atoms with Crippen LogP contribution in [0.25, 0.3) is 56.0 Å². The number of rotatable bonds is 7. The average Bonchev–Trinajstić information content (AvgIpc) is 3.56. The van der Waals surface area contributed by atoms with Crippen molar-refractivity contribution in [3.8, 4) is 33.9 Å². The number of anilines is 1. The van der Waals surface area contributed by atoms with Crippen molar-refractivity contribution in [3.05, 3.63) is 79.1 Å². The summed E-state index contributed by atoms with van der Waals surface area (Å²) in [6, 6.07) is 23.4. The normalized spacial score (nSPS) is 11.1. The number of aromatic nitrogens is 6. The third-order valence-electron chi connectivity index (χ3n) is 6.20. The van der Waals surface area contributed by atoms with Crippen LogP contribution in [0, 0.1) is 12.1 Å². The van der Waals surface area contributed by atoms with E-state index in [1.165, 1.54) is 0 Å². The molecule has 0 radical (unpaired) electrons. The van der Waals surface area contributed by atoms with Crippen LogP contribution in [-0.4, -0.2) is 36.0 Å². The minimum absolute atomic E-state index is 0.0276. The second-order valence-corrected chi connectivity index (χ2v) is 8.77. The lowest BCUT2D eigenvalue weighted by molar-refractivity contribution is -0.116. The monoisotopic (exact) mass is 485 g/mol. The van der Waals surface area contributed by atoms with Crippen LogP contribution in [0.4, 0.5) is 5.69 Å². The summed E-state index contributed by atoms with van der Waals surface area (Å²) >= 11 is 0. The Bertz CT molecular complexity index is 1720. The van der Waals surface area contributed by atoms with Gasteiger partial charge in [0.05, 0.1) is 27.9 Å². The Labute approximate surface area is 213 Å². The van der Waals surface area contributed by atoms with Gasteiger partial charge in [0.1, 0.15) is 5.52 Å². The van der Waals surface area contributed by atoms with E-state index in [4.69, 9.17) is 9.97 Å². The molecule has 0 bridgehead atoms. The van der Waals surface area contributed by atoms with E-state index >= 15 is 0 Å². The number of para-hydroxylation sites is 1. The first-order valence-corrected chi connectivity index (χ1v) is 12.2. The summed E-state index contributed by atoms with van der Waals surface area (Å²) in [5.74, 6) is 0.601. The fourth-order valence-electron chi connectivity index (χ4n) is 4.32. The highest BCUT2D eigenvalue weighted by molar-refractivity contribution is 5.96. The van der Waals surface area contributed by atoms with Crippen molar-refractivity contribution < 1.29 is 4.79 Å². The van der Waals surface area contributed by atoms with Gasteiger partial charge in [-0.3, -0.25) is 14.9 Å². The van der Waals surface area contributed by atoms with Gasteiger partial charge in [-0.15, -0.1) is 0 Å². The molecule has 0 saturated carbocycles. The number of unbranched alkanes of at least 4 members (excludes halogenated alkanes) is 1. The lowest BCUT2D eigenvalue weighted by atomic mass is 10.1. The van der Waals surface area contributed by atoms with E-state index in [2.05, 4.69) is 44.5 Å². The number of carbonyl (C=O) groups is 1. The first-order chi connectivity index (χ1) is 18.2. The highest BCUT2D eigenvalue weighted by Gasteiger charge is 2.17. The van der Waals surface area contributed by atoms with Crippen molar-refractivity contribution in [1.29, 1.82) is 0 Å². The molecule has 8 heteroatoms. The molecule has 0 aliphatic carbocycles. The van der Waals surface area contributed by atoms with Gasteiger partial charge in [0.25, 0.3) is 0 Å². The number of amides is 1. The zero-order valence-corrected chi connectivity index (χ0v) is 20.2. The number of pyridine rings is 2. The molecule has 8 nitrogen and oxygen atoms in total. The molecule has 2 aromatic carbocycles. The molecular weight excluding hydrogens is 462 g/mol. The predicted molar refractivity (Wildman–Crippen MR) is 143 cm³/mol. The number of carbonyl (C=O) groups excluding carboxylic acids is 1.